The van der Waals surface area contributed by atoms with Crippen molar-refractivity contribution >= 4 is 5.90 Å². The maximum atomic E-state index is 5.05. The first-order valence-electron chi connectivity index (χ1n) is 2.66. The van der Waals surface area contributed by atoms with Gasteiger partial charge in [0, 0.05) is 0 Å². The molecule has 0 fully saturated rings. The smallest absolute Gasteiger partial charge is 0.208 e. The van der Waals surface area contributed by atoms with Crippen LogP contribution in [-0.2, 0) is 4.74 Å². The van der Waals surface area contributed by atoms with Gasteiger partial charge in [0.15, 0.2) is 0 Å². The molecule has 0 aromatic heterocycles. The summed E-state index contributed by atoms with van der Waals surface area (Å²) in [6.07, 6.45) is 1.63. The molecule has 0 spiro atoms. The second-order valence-electron chi connectivity index (χ2n) is 1.83. The predicted molar refractivity (Wildman–Crippen MR) is 33.0 cm³/mol. The summed E-state index contributed by atoms with van der Waals surface area (Å²) in [7, 11) is 0. The molecule has 2 nitrogen and oxygen atoms in total. The largest absolute Gasteiger partial charge is 0.476 e. The van der Waals surface area contributed by atoms with Crippen LogP contribution in [-0.4, -0.2) is 18.5 Å². The van der Waals surface area contributed by atoms with E-state index < -0.39 is 0 Å². The number of nitrogens with zero attached hydrogens (tertiary/aromatic N) is 1. The molecule has 0 aliphatic carbocycles. The molecule has 0 amide bonds. The molecule has 0 aromatic rings. The number of ether oxygens (including phenoxy) is 1. The monoisotopic (exact) mass is 111 g/mol. The van der Waals surface area contributed by atoms with Gasteiger partial charge in [-0.1, -0.05) is 6.58 Å². The van der Waals surface area contributed by atoms with Crippen molar-refractivity contribution in [2.75, 3.05) is 6.61 Å². The third-order valence-electron chi connectivity index (χ3n) is 0.995. The Morgan fingerprint density at radius 2 is 2.75 bits per heavy atom. The molecule has 0 bridgehead atoms. The van der Waals surface area contributed by atoms with Crippen LogP contribution in [0.2, 0.25) is 0 Å². The Bertz CT molecular complexity index is 128. The quantitative estimate of drug-likeness (QED) is 0.494. The Kier molecular flexibility index (Phi) is 1.33. The van der Waals surface area contributed by atoms with E-state index in [9.17, 15) is 0 Å². The summed E-state index contributed by atoms with van der Waals surface area (Å²) >= 11 is 0. The van der Waals surface area contributed by atoms with Gasteiger partial charge in [-0.05, 0) is 13.0 Å². The van der Waals surface area contributed by atoms with Gasteiger partial charge in [-0.25, -0.2) is 4.99 Å². The zero-order chi connectivity index (χ0) is 5.98. The summed E-state index contributed by atoms with van der Waals surface area (Å²) in [6, 6.07) is 0.322. The minimum absolute atomic E-state index is 0.322. The van der Waals surface area contributed by atoms with E-state index >= 15 is 0 Å². The van der Waals surface area contributed by atoms with Crippen molar-refractivity contribution in [2.24, 2.45) is 4.99 Å². The van der Waals surface area contributed by atoms with E-state index in [4.69, 9.17) is 4.74 Å². The highest BCUT2D eigenvalue weighted by Crippen LogP contribution is 2.02. The van der Waals surface area contributed by atoms with E-state index in [1.165, 1.54) is 0 Å². The first kappa shape index (κ1) is 5.35. The Hall–Kier alpha value is -0.790. The first-order valence-corrected chi connectivity index (χ1v) is 2.66. The fourth-order valence-electron chi connectivity index (χ4n) is 0.609. The van der Waals surface area contributed by atoms with Crippen LogP contribution >= 0.6 is 0 Å². The van der Waals surface area contributed by atoms with E-state index in [1.54, 1.807) is 6.08 Å². The lowest BCUT2D eigenvalue weighted by Gasteiger charge is -1.90. The van der Waals surface area contributed by atoms with Crippen LogP contribution in [0.5, 0.6) is 0 Å². The van der Waals surface area contributed by atoms with Crippen LogP contribution in [0.4, 0.5) is 0 Å². The van der Waals surface area contributed by atoms with Gasteiger partial charge in [0.2, 0.25) is 5.90 Å². The molecule has 44 valence electrons. The molecule has 1 atom stereocenters. The van der Waals surface area contributed by atoms with Crippen LogP contribution in [0.1, 0.15) is 6.92 Å². The van der Waals surface area contributed by atoms with Crippen LogP contribution in [0, 0.1) is 0 Å². The van der Waals surface area contributed by atoms with E-state index in [2.05, 4.69) is 11.6 Å². The number of hydrogen-bond acceptors (Lipinski definition) is 2. The minimum atomic E-state index is 0.322. The van der Waals surface area contributed by atoms with Crippen molar-refractivity contribution in [2.45, 2.75) is 13.0 Å². The van der Waals surface area contributed by atoms with Crippen molar-refractivity contribution in [3.8, 4) is 0 Å². The van der Waals surface area contributed by atoms with Crippen LogP contribution in [0.25, 0.3) is 0 Å². The van der Waals surface area contributed by atoms with Crippen LogP contribution < -0.4 is 0 Å². The topological polar surface area (TPSA) is 21.6 Å². The van der Waals surface area contributed by atoms with Gasteiger partial charge in [-0.15, -0.1) is 0 Å². The Morgan fingerprint density at radius 1 is 2.00 bits per heavy atom. The summed E-state index contributed by atoms with van der Waals surface area (Å²) < 4.78 is 5.05. The van der Waals surface area contributed by atoms with Gasteiger partial charge in [-0.3, -0.25) is 0 Å². The Morgan fingerprint density at radius 3 is 3.00 bits per heavy atom. The molecular weight excluding hydrogens is 102 g/mol. The molecule has 1 aliphatic heterocycles. The SMILES string of the molecule is C=CC1=NC(C)CO1. The third kappa shape index (κ3) is 0.886. The van der Waals surface area contributed by atoms with Gasteiger partial charge in [0.05, 0.1) is 6.04 Å². The lowest BCUT2D eigenvalue weighted by molar-refractivity contribution is 0.325. The summed E-state index contributed by atoms with van der Waals surface area (Å²) in [5.74, 6) is 0.678. The Labute approximate surface area is 48.9 Å². The predicted octanol–water partition coefficient (Wildman–Crippen LogP) is 0.990. The van der Waals surface area contributed by atoms with Gasteiger partial charge in [0.25, 0.3) is 0 Å². The fraction of sp³-hybridized carbons (Fsp3) is 0.500. The van der Waals surface area contributed by atoms with Crippen molar-refractivity contribution in [3.63, 3.8) is 0 Å². The second-order valence-corrected chi connectivity index (χ2v) is 1.83. The summed E-state index contributed by atoms with van der Waals surface area (Å²) in [4.78, 5) is 4.08. The highest BCUT2D eigenvalue weighted by molar-refractivity contribution is 5.88. The highest BCUT2D eigenvalue weighted by atomic mass is 16.5. The summed E-state index contributed by atoms with van der Waals surface area (Å²) in [5.41, 5.74) is 0. The lowest BCUT2D eigenvalue weighted by Crippen LogP contribution is -1.98. The summed E-state index contributed by atoms with van der Waals surface area (Å²) in [5, 5.41) is 0. The maximum absolute atomic E-state index is 5.05. The zero-order valence-electron chi connectivity index (χ0n) is 4.92. The lowest BCUT2D eigenvalue weighted by atomic mass is 10.4. The molecule has 1 rings (SSSR count). The number of hydrogen-bond donors (Lipinski definition) is 0. The van der Waals surface area contributed by atoms with Crippen LogP contribution in [0.15, 0.2) is 17.6 Å². The number of rotatable bonds is 1. The average Bonchev–Trinajstić information content (AvgIpc) is 2.14. The fourth-order valence-corrected chi connectivity index (χ4v) is 0.609. The zero-order valence-corrected chi connectivity index (χ0v) is 4.92. The first-order chi connectivity index (χ1) is 3.83. The van der Waals surface area contributed by atoms with Gasteiger partial charge in [-0.2, -0.15) is 0 Å². The molecule has 0 saturated heterocycles. The second kappa shape index (κ2) is 1.99. The molecule has 2 heteroatoms. The van der Waals surface area contributed by atoms with Gasteiger partial charge < -0.3 is 4.74 Å². The Balaban J connectivity index is 2.56. The normalized spacial score (nSPS) is 26.6. The number of aliphatic imine (C=N–C) groups is 1. The molecule has 8 heavy (non-hydrogen) atoms. The molecular formula is C6H9NO. The third-order valence-corrected chi connectivity index (χ3v) is 0.995. The molecule has 1 unspecified atom stereocenters. The van der Waals surface area contributed by atoms with E-state index in [-0.39, 0.29) is 0 Å². The summed E-state index contributed by atoms with van der Waals surface area (Å²) in [6.45, 7) is 6.24. The van der Waals surface area contributed by atoms with Gasteiger partial charge >= 0.3 is 0 Å². The van der Waals surface area contributed by atoms with Crippen LogP contribution in [0.3, 0.4) is 0 Å². The average molecular weight is 111 g/mol. The standard InChI is InChI=1S/C6H9NO/c1-3-6-7-5(2)4-8-6/h3,5H,1,4H2,2H3. The van der Waals surface area contributed by atoms with Gasteiger partial charge in [0.1, 0.15) is 6.61 Å². The van der Waals surface area contributed by atoms with Crippen molar-refractivity contribution in [1.82, 2.24) is 0 Å². The maximum Gasteiger partial charge on any atom is 0.208 e. The van der Waals surface area contributed by atoms with E-state index in [1.807, 2.05) is 6.92 Å². The van der Waals surface area contributed by atoms with E-state index in [0.717, 1.165) is 0 Å². The molecule has 0 radical (unpaired) electrons. The van der Waals surface area contributed by atoms with E-state index in [0.29, 0.717) is 18.5 Å². The molecule has 0 aromatic carbocycles. The highest BCUT2D eigenvalue weighted by Gasteiger charge is 2.09. The molecule has 1 heterocycles. The minimum Gasteiger partial charge on any atom is -0.476 e. The molecule has 1 aliphatic rings. The molecule has 0 N–H and O–H groups in total. The van der Waals surface area contributed by atoms with Crippen molar-refractivity contribution in [3.05, 3.63) is 12.7 Å². The molecule has 0 saturated carbocycles. The van der Waals surface area contributed by atoms with Crippen molar-refractivity contribution in [1.29, 1.82) is 0 Å². The van der Waals surface area contributed by atoms with Crippen molar-refractivity contribution < 1.29 is 4.74 Å².